The second kappa shape index (κ2) is 3.81. The van der Waals surface area contributed by atoms with Crippen LogP contribution in [0.15, 0.2) is 18.2 Å². The normalized spacial score (nSPS) is 17.9. The highest BCUT2D eigenvalue weighted by Crippen LogP contribution is 2.38. The number of esters is 1. The van der Waals surface area contributed by atoms with E-state index in [4.69, 9.17) is 9.47 Å². The van der Waals surface area contributed by atoms with Crippen LogP contribution >= 0.6 is 0 Å². The molecule has 0 saturated carbocycles. The maximum absolute atomic E-state index is 11.5. The van der Waals surface area contributed by atoms with Gasteiger partial charge < -0.3 is 14.8 Å². The van der Waals surface area contributed by atoms with Crippen LogP contribution in [0.2, 0.25) is 0 Å². The van der Waals surface area contributed by atoms with E-state index in [0.717, 1.165) is 17.0 Å². The van der Waals surface area contributed by atoms with Crippen LogP contribution in [0.5, 0.6) is 5.75 Å². The molecule has 0 radical (unpaired) electrons. The molecule has 2 rings (SSSR count). The lowest BCUT2D eigenvalue weighted by Crippen LogP contribution is -2.15. The van der Waals surface area contributed by atoms with Crippen LogP contribution in [0.25, 0.3) is 0 Å². The first-order chi connectivity index (χ1) is 7.27. The Morgan fingerprint density at radius 2 is 2.27 bits per heavy atom. The predicted octanol–water partition coefficient (Wildman–Crippen LogP) is 1.38. The van der Waals surface area contributed by atoms with Crippen molar-refractivity contribution in [1.29, 1.82) is 0 Å². The van der Waals surface area contributed by atoms with Crippen LogP contribution in [-0.4, -0.2) is 26.7 Å². The number of anilines is 1. The summed E-state index contributed by atoms with van der Waals surface area (Å²) in [6, 6.07) is 5.66. The van der Waals surface area contributed by atoms with Gasteiger partial charge in [-0.15, -0.1) is 0 Å². The molecule has 0 aromatic heterocycles. The van der Waals surface area contributed by atoms with Gasteiger partial charge in [0.1, 0.15) is 11.7 Å². The van der Waals surface area contributed by atoms with Gasteiger partial charge in [-0.2, -0.15) is 0 Å². The Bertz CT molecular complexity index is 389. The summed E-state index contributed by atoms with van der Waals surface area (Å²) >= 11 is 0. The van der Waals surface area contributed by atoms with Crippen molar-refractivity contribution in [1.82, 2.24) is 0 Å². The average Bonchev–Trinajstić information content (AvgIpc) is 2.71. The minimum Gasteiger partial charge on any atom is -0.495 e. The fraction of sp³-hybridized carbons (Fsp3) is 0.364. The molecule has 0 saturated heterocycles. The van der Waals surface area contributed by atoms with Gasteiger partial charge in [-0.25, -0.2) is 0 Å². The minimum atomic E-state index is -0.222. The van der Waals surface area contributed by atoms with E-state index in [9.17, 15) is 4.79 Å². The molecule has 1 aliphatic rings. The number of carbonyl (C=O) groups excluding carboxylic acids is 1. The van der Waals surface area contributed by atoms with Gasteiger partial charge in [-0.05, 0) is 11.6 Å². The molecule has 1 atom stereocenters. The lowest BCUT2D eigenvalue weighted by molar-refractivity contribution is -0.141. The number of ether oxygens (including phenoxy) is 2. The summed E-state index contributed by atoms with van der Waals surface area (Å²) in [6.07, 6.45) is 0. The molecule has 4 nitrogen and oxygen atoms in total. The Kier molecular flexibility index (Phi) is 2.49. The number of benzene rings is 1. The Labute approximate surface area is 88.2 Å². The van der Waals surface area contributed by atoms with Crippen molar-refractivity contribution in [2.45, 2.75) is 5.92 Å². The number of hydrogen-bond donors (Lipinski definition) is 1. The molecule has 0 bridgehead atoms. The van der Waals surface area contributed by atoms with Crippen LogP contribution < -0.4 is 10.1 Å². The number of nitrogens with one attached hydrogen (secondary N) is 1. The first-order valence-electron chi connectivity index (χ1n) is 4.76. The third kappa shape index (κ3) is 1.52. The number of hydrogen-bond acceptors (Lipinski definition) is 4. The maximum atomic E-state index is 11.5. The lowest BCUT2D eigenvalue weighted by Gasteiger charge is -2.08. The van der Waals surface area contributed by atoms with Gasteiger partial charge in [-0.3, -0.25) is 4.79 Å². The highest BCUT2D eigenvalue weighted by molar-refractivity contribution is 5.85. The number of para-hydroxylation sites is 1. The molecule has 0 fully saturated rings. The summed E-state index contributed by atoms with van der Waals surface area (Å²) in [5.41, 5.74) is 1.84. The molecule has 15 heavy (non-hydrogen) atoms. The van der Waals surface area contributed by atoms with Crippen LogP contribution in [0.3, 0.4) is 0 Å². The third-order valence-electron chi connectivity index (χ3n) is 2.62. The molecule has 0 aliphatic carbocycles. The zero-order valence-corrected chi connectivity index (χ0v) is 8.74. The van der Waals surface area contributed by atoms with Crippen molar-refractivity contribution >= 4 is 11.7 Å². The highest BCUT2D eigenvalue weighted by Gasteiger charge is 2.30. The number of fused-ring (bicyclic) bond motifs is 1. The second-order valence-electron chi connectivity index (χ2n) is 3.38. The number of methoxy groups -OCH3 is 2. The Balaban J connectivity index is 2.39. The van der Waals surface area contributed by atoms with Gasteiger partial charge in [-0.1, -0.05) is 12.1 Å². The maximum Gasteiger partial charge on any atom is 0.315 e. The fourth-order valence-electron chi connectivity index (χ4n) is 1.86. The van der Waals surface area contributed by atoms with Gasteiger partial charge in [0.2, 0.25) is 0 Å². The minimum absolute atomic E-state index is 0.213. The quantitative estimate of drug-likeness (QED) is 0.744. The molecule has 80 valence electrons. The summed E-state index contributed by atoms with van der Waals surface area (Å²) in [7, 11) is 3.02. The SMILES string of the molecule is COC(=O)C1CNc2c(OC)cccc21. The topological polar surface area (TPSA) is 47.6 Å². The molecule has 0 amide bonds. The summed E-state index contributed by atoms with van der Waals surface area (Å²) in [4.78, 5) is 11.5. The summed E-state index contributed by atoms with van der Waals surface area (Å²) in [5, 5.41) is 3.16. The molecule has 1 heterocycles. The molecule has 1 N–H and O–H groups in total. The van der Waals surface area contributed by atoms with Crippen molar-refractivity contribution in [3.63, 3.8) is 0 Å². The van der Waals surface area contributed by atoms with Crippen molar-refractivity contribution in [3.05, 3.63) is 23.8 Å². The highest BCUT2D eigenvalue weighted by atomic mass is 16.5. The van der Waals surface area contributed by atoms with Crippen LogP contribution in [0.4, 0.5) is 5.69 Å². The predicted molar refractivity (Wildman–Crippen MR) is 56.2 cm³/mol. The van der Waals surface area contributed by atoms with Crippen molar-refractivity contribution in [2.75, 3.05) is 26.1 Å². The number of carbonyl (C=O) groups is 1. The molecule has 0 spiro atoms. The Hall–Kier alpha value is -1.71. The van der Waals surface area contributed by atoms with Gasteiger partial charge in [0, 0.05) is 6.54 Å². The van der Waals surface area contributed by atoms with Crippen LogP contribution in [0, 0.1) is 0 Å². The summed E-state index contributed by atoms with van der Waals surface area (Å²) in [6.45, 7) is 0.572. The monoisotopic (exact) mass is 207 g/mol. The Morgan fingerprint density at radius 1 is 1.47 bits per heavy atom. The van der Waals surface area contributed by atoms with E-state index in [0.29, 0.717) is 6.54 Å². The van der Waals surface area contributed by atoms with E-state index in [-0.39, 0.29) is 11.9 Å². The molecule has 1 unspecified atom stereocenters. The first kappa shape index (κ1) is 9.83. The van der Waals surface area contributed by atoms with E-state index in [1.54, 1.807) is 7.11 Å². The third-order valence-corrected chi connectivity index (χ3v) is 2.62. The molecule has 1 aromatic carbocycles. The smallest absolute Gasteiger partial charge is 0.315 e. The Morgan fingerprint density at radius 3 is 2.93 bits per heavy atom. The first-order valence-corrected chi connectivity index (χ1v) is 4.76. The largest absolute Gasteiger partial charge is 0.495 e. The molecule has 1 aromatic rings. The molecule has 4 heteroatoms. The summed E-state index contributed by atoms with van der Waals surface area (Å²) in [5.74, 6) is 0.327. The second-order valence-corrected chi connectivity index (χ2v) is 3.38. The van der Waals surface area contributed by atoms with Crippen LogP contribution in [-0.2, 0) is 9.53 Å². The standard InChI is InChI=1S/C11H13NO3/c1-14-9-5-3-4-7-8(11(13)15-2)6-12-10(7)9/h3-5,8,12H,6H2,1-2H3. The average molecular weight is 207 g/mol. The lowest BCUT2D eigenvalue weighted by atomic mass is 10.0. The van der Waals surface area contributed by atoms with E-state index < -0.39 is 0 Å². The molecular weight excluding hydrogens is 194 g/mol. The van der Waals surface area contributed by atoms with E-state index in [1.165, 1.54) is 7.11 Å². The van der Waals surface area contributed by atoms with Gasteiger partial charge >= 0.3 is 5.97 Å². The van der Waals surface area contributed by atoms with Crippen molar-refractivity contribution < 1.29 is 14.3 Å². The molecular formula is C11H13NO3. The summed E-state index contributed by atoms with van der Waals surface area (Å²) < 4.78 is 9.95. The van der Waals surface area contributed by atoms with Gasteiger partial charge in [0.15, 0.2) is 0 Å². The van der Waals surface area contributed by atoms with Crippen LogP contribution in [0.1, 0.15) is 11.5 Å². The fourth-order valence-corrected chi connectivity index (χ4v) is 1.86. The zero-order valence-electron chi connectivity index (χ0n) is 8.74. The number of rotatable bonds is 2. The van der Waals surface area contributed by atoms with Gasteiger partial charge in [0.25, 0.3) is 0 Å². The zero-order chi connectivity index (χ0) is 10.8. The van der Waals surface area contributed by atoms with Crippen molar-refractivity contribution in [2.24, 2.45) is 0 Å². The van der Waals surface area contributed by atoms with E-state index >= 15 is 0 Å². The molecule has 1 aliphatic heterocycles. The van der Waals surface area contributed by atoms with Gasteiger partial charge in [0.05, 0.1) is 19.9 Å². The van der Waals surface area contributed by atoms with E-state index in [2.05, 4.69) is 5.32 Å². The van der Waals surface area contributed by atoms with Crippen molar-refractivity contribution in [3.8, 4) is 5.75 Å². The van der Waals surface area contributed by atoms with E-state index in [1.807, 2.05) is 18.2 Å².